The van der Waals surface area contributed by atoms with E-state index in [0.29, 0.717) is 0 Å². The average Bonchev–Trinajstić information content (AvgIpc) is 2.17. The summed E-state index contributed by atoms with van der Waals surface area (Å²) >= 11 is 2.56. The van der Waals surface area contributed by atoms with Gasteiger partial charge in [-0.05, 0) is 18.8 Å². The lowest BCUT2D eigenvalue weighted by Crippen LogP contribution is -2.14. The molecule has 0 amide bonds. The highest BCUT2D eigenvalue weighted by Gasteiger charge is 2.16. The zero-order valence-electron chi connectivity index (χ0n) is 9.67. The van der Waals surface area contributed by atoms with Crippen LogP contribution in [0.1, 0.15) is 39.0 Å². The van der Waals surface area contributed by atoms with Gasteiger partial charge in [0, 0.05) is 3.92 Å². The van der Waals surface area contributed by atoms with Crippen LogP contribution in [0, 0.1) is 5.92 Å². The maximum Gasteiger partial charge on any atom is 0.503 e. The first-order chi connectivity index (χ1) is 7.77. The Labute approximate surface area is 114 Å². The van der Waals surface area contributed by atoms with Gasteiger partial charge in [0.1, 0.15) is 0 Å². The van der Waals surface area contributed by atoms with Crippen LogP contribution in [0.25, 0.3) is 0 Å². The van der Waals surface area contributed by atoms with Gasteiger partial charge in [-0.1, -0.05) is 48.8 Å². The van der Waals surface area contributed by atoms with Crippen molar-refractivity contribution in [3.8, 4) is 0 Å². The molecule has 0 saturated heterocycles. The maximum absolute atomic E-state index is 8.56. The molecule has 0 aliphatic heterocycles. The van der Waals surface area contributed by atoms with Gasteiger partial charge in [0.25, 0.3) is 0 Å². The van der Waals surface area contributed by atoms with Crippen molar-refractivity contribution in [2.45, 2.75) is 43.0 Å². The summed E-state index contributed by atoms with van der Waals surface area (Å²) in [6.07, 6.45) is 3.77. The topological polar surface area (TPSA) is 115 Å². The van der Waals surface area contributed by atoms with Crippen LogP contribution in [0.2, 0.25) is 0 Å². The molecular formula is C10H19IO6. The van der Waals surface area contributed by atoms with E-state index in [1.807, 2.05) is 0 Å². The van der Waals surface area contributed by atoms with Crippen LogP contribution in [0.3, 0.4) is 0 Å². The third-order valence-corrected chi connectivity index (χ3v) is 3.32. The fourth-order valence-electron chi connectivity index (χ4n) is 1.59. The van der Waals surface area contributed by atoms with E-state index in [1.54, 1.807) is 0 Å². The molecule has 17 heavy (non-hydrogen) atoms. The van der Waals surface area contributed by atoms with Crippen molar-refractivity contribution in [2.75, 3.05) is 0 Å². The zero-order valence-corrected chi connectivity index (χ0v) is 11.8. The summed E-state index contributed by atoms with van der Waals surface area (Å²) < 4.78 is 0.905. The van der Waals surface area contributed by atoms with Crippen LogP contribution in [0.4, 0.5) is 9.59 Å². The van der Waals surface area contributed by atoms with E-state index in [2.05, 4.69) is 29.5 Å². The highest BCUT2D eigenvalue weighted by atomic mass is 127. The minimum atomic E-state index is -1.83. The highest BCUT2D eigenvalue weighted by Crippen LogP contribution is 2.29. The summed E-state index contributed by atoms with van der Waals surface area (Å²) in [5.74, 6) is 1.04. The number of carboxylic acid groups (broad SMARTS) is 4. The SMILES string of the molecule is CC(I)C1CCCCC1.O=C(O)O.O=C(O)O. The van der Waals surface area contributed by atoms with Crippen molar-refractivity contribution in [1.29, 1.82) is 0 Å². The predicted molar refractivity (Wildman–Crippen MR) is 71.4 cm³/mol. The second-order valence-corrected chi connectivity index (χ2v) is 5.61. The Bertz CT molecular complexity index is 193. The molecule has 0 radical (unpaired) electrons. The number of halogens is 1. The normalized spacial score (nSPS) is 16.6. The van der Waals surface area contributed by atoms with Crippen LogP contribution in [0.5, 0.6) is 0 Å². The minimum Gasteiger partial charge on any atom is -0.450 e. The van der Waals surface area contributed by atoms with Gasteiger partial charge in [-0.25, -0.2) is 9.59 Å². The Morgan fingerprint density at radius 2 is 1.29 bits per heavy atom. The summed E-state index contributed by atoms with van der Waals surface area (Å²) in [5, 5.41) is 27.9. The van der Waals surface area contributed by atoms with E-state index in [4.69, 9.17) is 30.0 Å². The molecule has 0 aromatic carbocycles. The van der Waals surface area contributed by atoms with Crippen LogP contribution in [-0.2, 0) is 0 Å². The lowest BCUT2D eigenvalue weighted by atomic mass is 9.88. The van der Waals surface area contributed by atoms with Crippen molar-refractivity contribution in [3.63, 3.8) is 0 Å². The molecule has 1 aliphatic carbocycles. The summed E-state index contributed by atoms with van der Waals surface area (Å²) in [6.45, 7) is 2.34. The Hall–Kier alpha value is -0.730. The molecule has 7 heteroatoms. The van der Waals surface area contributed by atoms with Crippen molar-refractivity contribution < 1.29 is 30.0 Å². The van der Waals surface area contributed by atoms with Crippen molar-refractivity contribution in [1.82, 2.24) is 0 Å². The molecule has 1 unspecified atom stereocenters. The van der Waals surface area contributed by atoms with Gasteiger partial charge < -0.3 is 20.4 Å². The molecule has 6 nitrogen and oxygen atoms in total. The van der Waals surface area contributed by atoms with Gasteiger partial charge in [0.15, 0.2) is 0 Å². The lowest BCUT2D eigenvalue weighted by molar-refractivity contribution is 0.135. The molecule has 4 N–H and O–H groups in total. The second kappa shape index (κ2) is 11.7. The first-order valence-electron chi connectivity index (χ1n) is 5.25. The van der Waals surface area contributed by atoms with E-state index in [1.165, 1.54) is 32.1 Å². The molecule has 1 fully saturated rings. The smallest absolute Gasteiger partial charge is 0.450 e. The molecule has 1 aliphatic rings. The number of rotatable bonds is 1. The lowest BCUT2D eigenvalue weighted by Gasteiger charge is -2.23. The molecule has 0 aromatic heterocycles. The van der Waals surface area contributed by atoms with Crippen molar-refractivity contribution in [3.05, 3.63) is 0 Å². The van der Waals surface area contributed by atoms with Gasteiger partial charge in [-0.3, -0.25) is 0 Å². The second-order valence-electron chi connectivity index (χ2n) is 3.64. The van der Waals surface area contributed by atoms with Crippen LogP contribution >= 0.6 is 22.6 Å². The largest absolute Gasteiger partial charge is 0.503 e. The summed E-state index contributed by atoms with van der Waals surface area (Å²) in [6, 6.07) is 0. The predicted octanol–water partition coefficient (Wildman–Crippen LogP) is 3.84. The van der Waals surface area contributed by atoms with Crippen LogP contribution in [0.15, 0.2) is 0 Å². The fraction of sp³-hybridized carbons (Fsp3) is 0.800. The Kier molecular flexibility index (Phi) is 12.9. The third-order valence-electron chi connectivity index (χ3n) is 2.30. The quantitative estimate of drug-likeness (QED) is 0.416. The van der Waals surface area contributed by atoms with Gasteiger partial charge in [-0.15, -0.1) is 0 Å². The van der Waals surface area contributed by atoms with E-state index in [-0.39, 0.29) is 0 Å². The van der Waals surface area contributed by atoms with Gasteiger partial charge >= 0.3 is 12.3 Å². The molecule has 1 saturated carbocycles. The first-order valence-corrected chi connectivity index (χ1v) is 6.49. The molecule has 1 atom stereocenters. The molecule has 0 spiro atoms. The first kappa shape index (κ1) is 18.6. The Balaban J connectivity index is 0. The van der Waals surface area contributed by atoms with Gasteiger partial charge in [-0.2, -0.15) is 0 Å². The third kappa shape index (κ3) is 21.2. The molecule has 1 rings (SSSR count). The minimum absolute atomic E-state index is 0.905. The number of alkyl halides is 1. The van der Waals surface area contributed by atoms with E-state index in [9.17, 15) is 0 Å². The van der Waals surface area contributed by atoms with E-state index >= 15 is 0 Å². The Morgan fingerprint density at radius 3 is 1.47 bits per heavy atom. The van der Waals surface area contributed by atoms with Gasteiger partial charge in [0.2, 0.25) is 0 Å². The molecular weight excluding hydrogens is 343 g/mol. The van der Waals surface area contributed by atoms with Gasteiger partial charge in [0.05, 0.1) is 0 Å². The molecule has 0 bridgehead atoms. The van der Waals surface area contributed by atoms with Crippen LogP contribution < -0.4 is 0 Å². The van der Waals surface area contributed by atoms with Crippen molar-refractivity contribution in [2.24, 2.45) is 5.92 Å². The summed E-state index contributed by atoms with van der Waals surface area (Å²) in [5.41, 5.74) is 0. The molecule has 0 heterocycles. The summed E-state index contributed by atoms with van der Waals surface area (Å²) in [4.78, 5) is 17.1. The molecule has 102 valence electrons. The molecule has 0 aromatic rings. The van der Waals surface area contributed by atoms with Crippen LogP contribution in [-0.4, -0.2) is 36.7 Å². The standard InChI is InChI=1S/C8H15I.2CH2O3/c1-7(9)8-5-3-2-4-6-8;2*2-1(3)4/h7-8H,2-6H2,1H3;2*(H2,2,3,4). The highest BCUT2D eigenvalue weighted by molar-refractivity contribution is 14.1. The summed E-state index contributed by atoms with van der Waals surface area (Å²) in [7, 11) is 0. The number of hydrogen-bond donors (Lipinski definition) is 4. The maximum atomic E-state index is 8.56. The van der Waals surface area contributed by atoms with Crippen molar-refractivity contribution >= 4 is 34.9 Å². The monoisotopic (exact) mass is 362 g/mol. The Morgan fingerprint density at radius 1 is 1.00 bits per heavy atom. The van der Waals surface area contributed by atoms with E-state index < -0.39 is 12.3 Å². The average molecular weight is 362 g/mol. The zero-order chi connectivity index (χ0) is 13.8. The number of carbonyl (C=O) groups is 2. The number of hydrogen-bond acceptors (Lipinski definition) is 2. The fourth-order valence-corrected chi connectivity index (χ4v) is 2.31. The van der Waals surface area contributed by atoms with E-state index in [0.717, 1.165) is 9.84 Å².